The SMILES string of the molecule is C[C@H]1CCCCN1C(=O)COC(=O)c1cc(Cl)ccc1[N+](=O)[O-]. The van der Waals surface area contributed by atoms with Gasteiger partial charge >= 0.3 is 5.97 Å². The van der Waals surface area contributed by atoms with Gasteiger partial charge in [-0.3, -0.25) is 14.9 Å². The second-order valence-corrected chi connectivity index (χ2v) is 5.86. The highest BCUT2D eigenvalue weighted by Crippen LogP contribution is 2.23. The Morgan fingerprint density at radius 2 is 2.17 bits per heavy atom. The molecule has 1 atom stereocenters. The molecule has 7 nitrogen and oxygen atoms in total. The quantitative estimate of drug-likeness (QED) is 0.477. The minimum Gasteiger partial charge on any atom is -0.452 e. The molecule has 0 unspecified atom stereocenters. The summed E-state index contributed by atoms with van der Waals surface area (Å²) < 4.78 is 4.94. The highest BCUT2D eigenvalue weighted by atomic mass is 35.5. The molecule has 0 bridgehead atoms. The Morgan fingerprint density at radius 1 is 1.43 bits per heavy atom. The zero-order valence-corrected chi connectivity index (χ0v) is 13.4. The zero-order chi connectivity index (χ0) is 17.0. The molecule has 1 fully saturated rings. The molecular weight excluding hydrogens is 324 g/mol. The Balaban J connectivity index is 2.03. The number of rotatable bonds is 4. The van der Waals surface area contributed by atoms with Crippen LogP contribution in [0, 0.1) is 10.1 Å². The molecule has 0 spiro atoms. The lowest BCUT2D eigenvalue weighted by Crippen LogP contribution is -2.44. The molecule has 1 saturated heterocycles. The number of likely N-dealkylation sites (tertiary alicyclic amines) is 1. The van der Waals surface area contributed by atoms with Crippen molar-refractivity contribution in [2.45, 2.75) is 32.2 Å². The molecule has 1 aromatic carbocycles. The molecule has 0 N–H and O–H groups in total. The fourth-order valence-electron chi connectivity index (χ4n) is 2.59. The number of benzene rings is 1. The van der Waals surface area contributed by atoms with Crippen LogP contribution in [0.3, 0.4) is 0 Å². The van der Waals surface area contributed by atoms with Crippen LogP contribution in [0.4, 0.5) is 5.69 Å². The standard InChI is InChI=1S/C15H17ClN2O5/c1-10-4-2-3-7-17(10)14(19)9-23-15(20)12-8-11(16)5-6-13(12)18(21)22/h5-6,8,10H,2-4,7,9H2,1H3/t10-/m0/s1. The number of esters is 1. The second-order valence-electron chi connectivity index (χ2n) is 5.43. The molecule has 0 radical (unpaired) electrons. The van der Waals surface area contributed by atoms with Crippen molar-refractivity contribution in [1.82, 2.24) is 4.90 Å². The van der Waals surface area contributed by atoms with Gasteiger partial charge in [0.15, 0.2) is 6.61 Å². The van der Waals surface area contributed by atoms with Gasteiger partial charge in [-0.2, -0.15) is 0 Å². The summed E-state index contributed by atoms with van der Waals surface area (Å²) in [4.78, 5) is 36.1. The van der Waals surface area contributed by atoms with Crippen molar-refractivity contribution < 1.29 is 19.2 Å². The van der Waals surface area contributed by atoms with E-state index in [1.807, 2.05) is 6.92 Å². The Hall–Kier alpha value is -2.15. The average Bonchev–Trinajstić information content (AvgIpc) is 2.52. The predicted molar refractivity (Wildman–Crippen MR) is 83.4 cm³/mol. The van der Waals surface area contributed by atoms with E-state index in [9.17, 15) is 19.7 Å². The highest BCUT2D eigenvalue weighted by molar-refractivity contribution is 6.31. The number of halogens is 1. The summed E-state index contributed by atoms with van der Waals surface area (Å²) >= 11 is 5.76. The Labute approximate surface area is 138 Å². The zero-order valence-electron chi connectivity index (χ0n) is 12.7. The van der Waals surface area contributed by atoms with E-state index in [-0.39, 0.29) is 22.5 Å². The third kappa shape index (κ3) is 4.19. The summed E-state index contributed by atoms with van der Waals surface area (Å²) in [6.45, 7) is 2.14. The van der Waals surface area contributed by atoms with E-state index >= 15 is 0 Å². The fraction of sp³-hybridized carbons (Fsp3) is 0.467. The van der Waals surface area contributed by atoms with Crippen LogP contribution in [0.25, 0.3) is 0 Å². The predicted octanol–water partition coefficient (Wildman–Crippen LogP) is 2.81. The molecule has 1 aromatic rings. The van der Waals surface area contributed by atoms with Crippen molar-refractivity contribution in [3.63, 3.8) is 0 Å². The van der Waals surface area contributed by atoms with Crippen LogP contribution >= 0.6 is 11.6 Å². The van der Waals surface area contributed by atoms with Crippen molar-refractivity contribution in [1.29, 1.82) is 0 Å². The second kappa shape index (κ2) is 7.41. The summed E-state index contributed by atoms with van der Waals surface area (Å²) in [7, 11) is 0. The van der Waals surface area contributed by atoms with E-state index in [1.54, 1.807) is 4.90 Å². The number of hydrogen-bond donors (Lipinski definition) is 0. The average molecular weight is 341 g/mol. The normalized spacial score (nSPS) is 17.7. The largest absolute Gasteiger partial charge is 0.452 e. The van der Waals surface area contributed by atoms with Crippen LogP contribution in [0.5, 0.6) is 0 Å². The van der Waals surface area contributed by atoms with Crippen LogP contribution in [0.15, 0.2) is 18.2 Å². The van der Waals surface area contributed by atoms with E-state index in [0.29, 0.717) is 6.54 Å². The molecular formula is C15H17ClN2O5. The molecule has 1 aliphatic heterocycles. The Bertz CT molecular complexity index is 634. The Morgan fingerprint density at radius 3 is 2.83 bits per heavy atom. The number of nitro groups is 1. The summed E-state index contributed by atoms with van der Waals surface area (Å²) in [5.74, 6) is -1.23. The molecule has 1 heterocycles. The third-order valence-corrected chi connectivity index (χ3v) is 4.06. The topological polar surface area (TPSA) is 89.8 Å². The lowest BCUT2D eigenvalue weighted by molar-refractivity contribution is -0.385. The molecule has 0 saturated carbocycles. The third-order valence-electron chi connectivity index (χ3n) is 3.83. The molecule has 0 aliphatic carbocycles. The number of nitrogens with zero attached hydrogens (tertiary/aromatic N) is 2. The van der Waals surface area contributed by atoms with Crippen molar-refractivity contribution in [3.8, 4) is 0 Å². The van der Waals surface area contributed by atoms with Crippen LogP contribution in [0.1, 0.15) is 36.5 Å². The maximum Gasteiger partial charge on any atom is 0.345 e. The number of carbonyl (C=O) groups is 2. The number of carbonyl (C=O) groups excluding carboxylic acids is 2. The first-order chi connectivity index (χ1) is 10.9. The van der Waals surface area contributed by atoms with Gasteiger partial charge in [-0.1, -0.05) is 11.6 Å². The van der Waals surface area contributed by atoms with E-state index < -0.39 is 23.2 Å². The van der Waals surface area contributed by atoms with Crippen molar-refractivity contribution in [2.75, 3.05) is 13.2 Å². The van der Waals surface area contributed by atoms with Crippen LogP contribution in [0.2, 0.25) is 5.02 Å². The van der Waals surface area contributed by atoms with Crippen LogP contribution in [-0.2, 0) is 9.53 Å². The summed E-state index contributed by atoms with van der Waals surface area (Å²) in [6, 6.07) is 3.72. The monoisotopic (exact) mass is 340 g/mol. The number of amides is 1. The molecule has 23 heavy (non-hydrogen) atoms. The van der Waals surface area contributed by atoms with Gasteiger partial charge in [0, 0.05) is 23.7 Å². The number of ether oxygens (including phenoxy) is 1. The summed E-state index contributed by atoms with van der Waals surface area (Å²) in [6.07, 6.45) is 2.91. The van der Waals surface area contributed by atoms with Crippen molar-refractivity contribution in [2.24, 2.45) is 0 Å². The van der Waals surface area contributed by atoms with Gasteiger partial charge in [0.25, 0.3) is 11.6 Å². The number of hydrogen-bond acceptors (Lipinski definition) is 5. The van der Waals surface area contributed by atoms with Crippen LogP contribution < -0.4 is 0 Å². The molecule has 8 heteroatoms. The van der Waals surface area contributed by atoms with E-state index in [2.05, 4.69) is 0 Å². The summed E-state index contributed by atoms with van der Waals surface area (Å²) in [5.41, 5.74) is -0.666. The van der Waals surface area contributed by atoms with Gasteiger partial charge in [-0.05, 0) is 38.3 Å². The van der Waals surface area contributed by atoms with Crippen molar-refractivity contribution >= 4 is 29.2 Å². The van der Waals surface area contributed by atoms with E-state index in [1.165, 1.54) is 6.07 Å². The lowest BCUT2D eigenvalue weighted by Gasteiger charge is -2.33. The maximum absolute atomic E-state index is 12.1. The molecule has 124 valence electrons. The van der Waals surface area contributed by atoms with Gasteiger partial charge in [0.2, 0.25) is 0 Å². The van der Waals surface area contributed by atoms with E-state index in [4.69, 9.17) is 16.3 Å². The number of nitro benzene ring substituents is 1. The van der Waals surface area contributed by atoms with Crippen LogP contribution in [-0.4, -0.2) is 40.9 Å². The number of piperidine rings is 1. The first-order valence-electron chi connectivity index (χ1n) is 7.30. The van der Waals surface area contributed by atoms with Gasteiger partial charge < -0.3 is 9.64 Å². The van der Waals surface area contributed by atoms with Gasteiger partial charge in [0.1, 0.15) is 5.56 Å². The smallest absolute Gasteiger partial charge is 0.345 e. The van der Waals surface area contributed by atoms with E-state index in [0.717, 1.165) is 31.4 Å². The highest BCUT2D eigenvalue weighted by Gasteiger charge is 2.26. The van der Waals surface area contributed by atoms with Gasteiger partial charge in [-0.15, -0.1) is 0 Å². The first-order valence-corrected chi connectivity index (χ1v) is 7.68. The lowest BCUT2D eigenvalue weighted by atomic mass is 10.0. The minimum absolute atomic E-state index is 0.107. The van der Waals surface area contributed by atoms with Gasteiger partial charge in [0.05, 0.1) is 4.92 Å². The fourth-order valence-corrected chi connectivity index (χ4v) is 2.76. The maximum atomic E-state index is 12.1. The molecule has 1 amide bonds. The van der Waals surface area contributed by atoms with Crippen molar-refractivity contribution in [3.05, 3.63) is 38.9 Å². The Kier molecular flexibility index (Phi) is 5.54. The molecule has 0 aromatic heterocycles. The molecule has 2 rings (SSSR count). The minimum atomic E-state index is -0.933. The summed E-state index contributed by atoms with van der Waals surface area (Å²) in [5, 5.41) is 11.1. The van der Waals surface area contributed by atoms with Gasteiger partial charge in [-0.25, -0.2) is 4.79 Å². The first kappa shape index (κ1) is 17.2. The molecule has 1 aliphatic rings.